The van der Waals surface area contributed by atoms with Gasteiger partial charge in [0.1, 0.15) is 12.1 Å². The summed E-state index contributed by atoms with van der Waals surface area (Å²) in [6, 6.07) is -0.870. The van der Waals surface area contributed by atoms with Crippen LogP contribution in [0.5, 0.6) is 0 Å². The van der Waals surface area contributed by atoms with Gasteiger partial charge >= 0.3 is 5.97 Å². The van der Waals surface area contributed by atoms with Crippen molar-refractivity contribution in [2.75, 3.05) is 7.11 Å². The number of carbonyl (C=O) groups is 6. The maximum absolute atomic E-state index is 13.5. The molecule has 0 spiro atoms. The van der Waals surface area contributed by atoms with Crippen LogP contribution in [0.2, 0.25) is 0 Å². The van der Waals surface area contributed by atoms with Crippen molar-refractivity contribution >= 4 is 35.1 Å². The molecule has 1 heterocycles. The molecule has 1 aliphatic heterocycles. The van der Waals surface area contributed by atoms with E-state index in [2.05, 4.69) is 10.6 Å². The highest BCUT2D eigenvalue weighted by Crippen LogP contribution is 2.24. The fourth-order valence-corrected chi connectivity index (χ4v) is 5.59. The quantitative estimate of drug-likeness (QED) is 0.333. The fourth-order valence-electron chi connectivity index (χ4n) is 5.59. The zero-order chi connectivity index (χ0) is 33.6. The Morgan fingerprint density at radius 1 is 1.00 bits per heavy atom. The molecule has 10 nitrogen and oxygen atoms in total. The summed E-state index contributed by atoms with van der Waals surface area (Å²) >= 11 is 0. The number of nitrogens with one attached hydrogen (secondary N) is 2. The molecule has 0 aromatic carbocycles. The highest BCUT2D eigenvalue weighted by molar-refractivity contribution is 6.21. The highest BCUT2D eigenvalue weighted by atomic mass is 16.5. The first-order chi connectivity index (χ1) is 22.0. The lowest BCUT2D eigenvalue weighted by molar-refractivity contribution is -0.156. The van der Waals surface area contributed by atoms with E-state index in [4.69, 9.17) is 9.47 Å². The molecule has 248 valence electrons. The summed E-state index contributed by atoms with van der Waals surface area (Å²) in [4.78, 5) is 77.2. The van der Waals surface area contributed by atoms with Gasteiger partial charge in [0.15, 0.2) is 11.6 Å². The molecule has 0 saturated heterocycles. The average molecular weight is 635 g/mol. The van der Waals surface area contributed by atoms with Crippen LogP contribution in [0, 0.1) is 11.8 Å². The molecule has 2 amide bonds. The molecule has 4 atom stereocenters. The third-order valence-electron chi connectivity index (χ3n) is 8.45. The molecule has 0 aromatic heterocycles. The third kappa shape index (κ3) is 11.0. The Hall–Kier alpha value is -4.18. The SMILES string of the molecule is COC1\C=C/C=C\C=C/CC(OC(=O)C(C)NC(=O)C2CCCCC2)C(C)C(=O)/C(C)=C\CCC2=CC(=O)C=C(NC(=O)C1)C2=O. The molecular formula is C36H46N2O8. The van der Waals surface area contributed by atoms with Crippen molar-refractivity contribution in [2.45, 2.75) is 96.8 Å². The molecule has 1 saturated carbocycles. The molecule has 0 radical (unpaired) electrons. The summed E-state index contributed by atoms with van der Waals surface area (Å²) in [7, 11) is 1.46. The minimum atomic E-state index is -0.870. The molecule has 46 heavy (non-hydrogen) atoms. The van der Waals surface area contributed by atoms with Crippen LogP contribution in [-0.2, 0) is 38.2 Å². The van der Waals surface area contributed by atoms with E-state index in [9.17, 15) is 28.8 Å². The summed E-state index contributed by atoms with van der Waals surface area (Å²) < 4.78 is 11.2. The molecule has 2 N–H and O–H groups in total. The van der Waals surface area contributed by atoms with Crippen LogP contribution < -0.4 is 10.6 Å². The fraction of sp³-hybridized carbons (Fsp3) is 0.500. The summed E-state index contributed by atoms with van der Waals surface area (Å²) in [5.41, 5.74) is 0.561. The van der Waals surface area contributed by atoms with Gasteiger partial charge in [-0.15, -0.1) is 0 Å². The summed E-state index contributed by atoms with van der Waals surface area (Å²) in [6.07, 6.45) is 18.5. The van der Waals surface area contributed by atoms with Crippen LogP contribution >= 0.6 is 0 Å². The van der Waals surface area contributed by atoms with Crippen LogP contribution in [0.15, 0.2) is 71.5 Å². The Kier molecular flexibility index (Phi) is 14.3. The van der Waals surface area contributed by atoms with E-state index < -0.39 is 47.6 Å². The number of esters is 1. The Bertz CT molecular complexity index is 1360. The molecule has 2 bridgehead atoms. The molecule has 3 aliphatic rings. The zero-order valence-corrected chi connectivity index (χ0v) is 27.2. The topological polar surface area (TPSA) is 145 Å². The van der Waals surface area contributed by atoms with Crippen LogP contribution in [0.25, 0.3) is 0 Å². The van der Waals surface area contributed by atoms with Crippen molar-refractivity contribution in [1.82, 2.24) is 10.6 Å². The van der Waals surface area contributed by atoms with Gasteiger partial charge in [0.2, 0.25) is 17.6 Å². The number of hydrogen-bond donors (Lipinski definition) is 2. The van der Waals surface area contributed by atoms with Gasteiger partial charge in [0, 0.05) is 31.1 Å². The number of ether oxygens (including phenoxy) is 2. The number of carbonyl (C=O) groups excluding carboxylic acids is 6. The molecule has 4 unspecified atom stereocenters. The van der Waals surface area contributed by atoms with Crippen molar-refractivity contribution in [1.29, 1.82) is 0 Å². The largest absolute Gasteiger partial charge is 0.460 e. The maximum Gasteiger partial charge on any atom is 0.328 e. The van der Waals surface area contributed by atoms with Crippen LogP contribution in [0.4, 0.5) is 0 Å². The monoisotopic (exact) mass is 634 g/mol. The van der Waals surface area contributed by atoms with E-state index in [1.165, 1.54) is 13.2 Å². The molecular weight excluding hydrogens is 588 g/mol. The van der Waals surface area contributed by atoms with Crippen molar-refractivity contribution in [3.8, 4) is 0 Å². The lowest BCUT2D eigenvalue weighted by atomic mass is 9.88. The van der Waals surface area contributed by atoms with Crippen LogP contribution in [-0.4, -0.2) is 60.5 Å². The van der Waals surface area contributed by atoms with E-state index in [1.807, 2.05) is 0 Å². The standard InChI is InChI=1S/C36H46N2O8/c1-23-14-13-17-27-20-28(39)21-30(34(27)42)38-32(40)22-29(45-4)18-11-6-5-7-12-19-31(24(2)33(23)41)46-36(44)25(3)37-35(43)26-15-9-8-10-16-26/h5-7,11-12,14,18,20-21,24-26,29,31H,8-10,13,15-17,19,22H2,1-4H3,(H,37,43)(H,38,40)/b6-5-,12-7-,18-11-,23-14-. The Balaban J connectivity index is 1.80. The van der Waals surface area contributed by atoms with E-state index >= 15 is 0 Å². The lowest BCUT2D eigenvalue weighted by Gasteiger charge is -2.26. The zero-order valence-electron chi connectivity index (χ0n) is 27.2. The lowest BCUT2D eigenvalue weighted by Crippen LogP contribution is -2.45. The third-order valence-corrected chi connectivity index (χ3v) is 8.45. The predicted octanol–water partition coefficient (Wildman–Crippen LogP) is 4.47. The van der Waals surface area contributed by atoms with E-state index in [-0.39, 0.29) is 48.1 Å². The normalized spacial score (nSPS) is 28.2. The summed E-state index contributed by atoms with van der Waals surface area (Å²) in [6.45, 7) is 4.94. The van der Waals surface area contributed by atoms with Crippen molar-refractivity contribution in [3.05, 3.63) is 71.5 Å². The minimum Gasteiger partial charge on any atom is -0.460 e. The maximum atomic E-state index is 13.5. The predicted molar refractivity (Wildman–Crippen MR) is 173 cm³/mol. The van der Waals surface area contributed by atoms with Gasteiger partial charge < -0.3 is 20.1 Å². The van der Waals surface area contributed by atoms with E-state index in [1.54, 1.807) is 63.3 Å². The van der Waals surface area contributed by atoms with E-state index in [0.717, 1.165) is 38.2 Å². The number of hydrogen-bond acceptors (Lipinski definition) is 8. The first-order valence-corrected chi connectivity index (χ1v) is 16.1. The smallest absolute Gasteiger partial charge is 0.328 e. The van der Waals surface area contributed by atoms with Gasteiger partial charge in [-0.2, -0.15) is 0 Å². The van der Waals surface area contributed by atoms with Gasteiger partial charge in [-0.05, 0) is 51.2 Å². The second kappa shape index (κ2) is 18.1. The van der Waals surface area contributed by atoms with E-state index in [0.29, 0.717) is 12.0 Å². The molecule has 1 fully saturated rings. The second-order valence-electron chi connectivity index (χ2n) is 12.0. The van der Waals surface area contributed by atoms with Gasteiger partial charge in [0.25, 0.3) is 0 Å². The van der Waals surface area contributed by atoms with Crippen LogP contribution in [0.1, 0.15) is 78.6 Å². The van der Waals surface area contributed by atoms with Crippen molar-refractivity contribution in [2.24, 2.45) is 11.8 Å². The first kappa shape index (κ1) is 36.3. The van der Waals surface area contributed by atoms with Gasteiger partial charge in [-0.3, -0.25) is 24.0 Å². The highest BCUT2D eigenvalue weighted by Gasteiger charge is 2.31. The molecule has 10 heteroatoms. The Morgan fingerprint density at radius 2 is 1.72 bits per heavy atom. The molecule has 0 aromatic rings. The van der Waals surface area contributed by atoms with Gasteiger partial charge in [-0.1, -0.05) is 68.7 Å². The molecule has 2 aliphatic carbocycles. The minimum absolute atomic E-state index is 0.0664. The number of methoxy groups -OCH3 is 1. The summed E-state index contributed by atoms with van der Waals surface area (Å²) in [5.74, 6) is -3.14. The first-order valence-electron chi connectivity index (χ1n) is 16.1. The number of amides is 2. The number of allylic oxidation sites excluding steroid dienone is 9. The summed E-state index contributed by atoms with van der Waals surface area (Å²) in [5, 5.41) is 5.32. The van der Waals surface area contributed by atoms with Gasteiger partial charge in [0.05, 0.1) is 24.1 Å². The molecule has 3 rings (SSSR count). The number of fused-ring (bicyclic) bond motifs is 2. The Labute approximate surface area is 271 Å². The van der Waals surface area contributed by atoms with Crippen molar-refractivity contribution in [3.63, 3.8) is 0 Å². The Morgan fingerprint density at radius 3 is 2.43 bits per heavy atom. The van der Waals surface area contributed by atoms with Crippen molar-refractivity contribution < 1.29 is 38.2 Å². The van der Waals surface area contributed by atoms with Gasteiger partial charge in [-0.25, -0.2) is 4.79 Å². The number of ketones is 3. The number of Topliss-reactive ketones (excluding diaryl/α,β-unsaturated/α-hetero) is 2. The second-order valence-corrected chi connectivity index (χ2v) is 12.0. The number of rotatable bonds is 5. The average Bonchev–Trinajstić information content (AvgIpc) is 3.04. The van der Waals surface area contributed by atoms with Crippen LogP contribution in [0.3, 0.4) is 0 Å².